The Morgan fingerprint density at radius 2 is 2.17 bits per heavy atom. The van der Waals surface area contributed by atoms with Crippen LogP contribution < -0.4 is 10.2 Å². The molecule has 18 heavy (non-hydrogen) atoms. The second kappa shape index (κ2) is 4.53. The van der Waals surface area contributed by atoms with Gasteiger partial charge in [0.05, 0.1) is 5.69 Å². The van der Waals surface area contributed by atoms with E-state index in [4.69, 9.17) is 0 Å². The van der Waals surface area contributed by atoms with Gasteiger partial charge in [-0.25, -0.2) is 0 Å². The minimum absolute atomic E-state index is 0.551. The molecule has 1 unspecified atom stereocenters. The number of halogens is 1. The van der Waals surface area contributed by atoms with Crippen LogP contribution in [-0.4, -0.2) is 25.7 Å². The lowest BCUT2D eigenvalue weighted by Gasteiger charge is -2.32. The summed E-state index contributed by atoms with van der Waals surface area (Å²) < 4.78 is 1.23. The number of anilines is 1. The molecule has 2 aliphatic rings. The quantitative estimate of drug-likeness (QED) is 0.856. The Labute approximate surface area is 118 Å². The maximum atomic E-state index is 3.73. The van der Waals surface area contributed by atoms with Crippen molar-refractivity contribution in [3.8, 4) is 0 Å². The molecule has 1 aliphatic carbocycles. The van der Waals surface area contributed by atoms with Crippen molar-refractivity contribution < 1.29 is 0 Å². The standard InChI is InChI=1S/C15H21BrN2/c1-11-3-4-14(13(16)7-11)18-10-15(5-6-15)9-17-8-12(18)2/h3-4,7,12,17H,5-6,8-10H2,1-2H3. The Hall–Kier alpha value is -0.540. The number of benzene rings is 1. The normalized spacial score (nSPS) is 26.2. The SMILES string of the molecule is Cc1ccc(N2CC3(CC3)CNCC2C)c(Br)c1. The van der Waals surface area contributed by atoms with E-state index in [-0.39, 0.29) is 0 Å². The fraction of sp³-hybridized carbons (Fsp3) is 0.600. The van der Waals surface area contributed by atoms with Gasteiger partial charge in [-0.2, -0.15) is 0 Å². The number of rotatable bonds is 1. The van der Waals surface area contributed by atoms with Crippen molar-refractivity contribution in [1.82, 2.24) is 5.32 Å². The number of hydrogen-bond donors (Lipinski definition) is 1. The molecule has 1 aromatic rings. The predicted octanol–water partition coefficient (Wildman–Crippen LogP) is 3.34. The third kappa shape index (κ3) is 2.30. The second-order valence-electron chi connectivity index (χ2n) is 6.06. The number of nitrogens with one attached hydrogen (secondary N) is 1. The smallest absolute Gasteiger partial charge is 0.0513 e. The van der Waals surface area contributed by atoms with Gasteiger partial charge in [-0.1, -0.05) is 6.07 Å². The van der Waals surface area contributed by atoms with E-state index < -0.39 is 0 Å². The van der Waals surface area contributed by atoms with Crippen LogP contribution in [0.5, 0.6) is 0 Å². The van der Waals surface area contributed by atoms with Gasteiger partial charge in [-0.15, -0.1) is 0 Å². The summed E-state index contributed by atoms with van der Waals surface area (Å²) >= 11 is 3.73. The van der Waals surface area contributed by atoms with Crippen molar-refractivity contribution in [2.75, 3.05) is 24.5 Å². The molecule has 3 rings (SSSR count). The number of aryl methyl sites for hydroxylation is 1. The molecule has 0 aromatic heterocycles. The van der Waals surface area contributed by atoms with Crippen molar-refractivity contribution >= 4 is 21.6 Å². The maximum Gasteiger partial charge on any atom is 0.0513 e. The van der Waals surface area contributed by atoms with Gasteiger partial charge < -0.3 is 10.2 Å². The summed E-state index contributed by atoms with van der Waals surface area (Å²) in [6.45, 7) is 7.94. The summed E-state index contributed by atoms with van der Waals surface area (Å²) in [6.07, 6.45) is 2.76. The molecular weight excluding hydrogens is 288 g/mol. The molecule has 0 bridgehead atoms. The van der Waals surface area contributed by atoms with E-state index in [1.54, 1.807) is 0 Å². The number of hydrogen-bond acceptors (Lipinski definition) is 2. The van der Waals surface area contributed by atoms with Crippen LogP contribution in [0.15, 0.2) is 22.7 Å². The molecule has 2 fully saturated rings. The summed E-state index contributed by atoms with van der Waals surface area (Å²) in [4.78, 5) is 2.58. The first-order valence-corrected chi connectivity index (χ1v) is 7.62. The van der Waals surface area contributed by atoms with Gasteiger partial charge in [0.1, 0.15) is 0 Å². The van der Waals surface area contributed by atoms with Crippen LogP contribution in [0.3, 0.4) is 0 Å². The monoisotopic (exact) mass is 308 g/mol. The van der Waals surface area contributed by atoms with Crippen LogP contribution >= 0.6 is 15.9 Å². The average Bonchev–Trinajstić information content (AvgIpc) is 3.08. The van der Waals surface area contributed by atoms with E-state index in [2.05, 4.69) is 58.2 Å². The highest BCUT2D eigenvalue weighted by Crippen LogP contribution is 2.48. The number of nitrogens with zero attached hydrogens (tertiary/aromatic N) is 1. The van der Waals surface area contributed by atoms with E-state index in [9.17, 15) is 0 Å². The zero-order chi connectivity index (χ0) is 12.8. The van der Waals surface area contributed by atoms with Crippen LogP contribution in [0, 0.1) is 12.3 Å². The van der Waals surface area contributed by atoms with Crippen LogP contribution in [0.1, 0.15) is 25.3 Å². The highest BCUT2D eigenvalue weighted by molar-refractivity contribution is 9.10. The van der Waals surface area contributed by atoms with Crippen molar-refractivity contribution in [3.63, 3.8) is 0 Å². The first kappa shape index (κ1) is 12.5. The minimum atomic E-state index is 0.551. The molecule has 1 aromatic carbocycles. The van der Waals surface area contributed by atoms with Gasteiger partial charge in [0.25, 0.3) is 0 Å². The van der Waals surface area contributed by atoms with E-state index in [0.29, 0.717) is 11.5 Å². The van der Waals surface area contributed by atoms with Gasteiger partial charge in [-0.3, -0.25) is 0 Å². The van der Waals surface area contributed by atoms with E-state index >= 15 is 0 Å². The molecule has 1 atom stereocenters. The van der Waals surface area contributed by atoms with Crippen LogP contribution in [0.25, 0.3) is 0 Å². The molecule has 3 heteroatoms. The zero-order valence-corrected chi connectivity index (χ0v) is 12.8. The molecule has 0 radical (unpaired) electrons. The molecule has 1 aliphatic heterocycles. The first-order chi connectivity index (χ1) is 8.60. The Kier molecular flexibility index (Phi) is 3.15. The second-order valence-corrected chi connectivity index (χ2v) is 6.92. The molecule has 1 saturated heterocycles. The molecule has 98 valence electrons. The van der Waals surface area contributed by atoms with Crippen LogP contribution in [0.2, 0.25) is 0 Å². The summed E-state index contributed by atoms with van der Waals surface area (Å²) in [6, 6.07) is 7.26. The molecular formula is C15H21BrN2. The maximum absolute atomic E-state index is 3.73. The predicted molar refractivity (Wildman–Crippen MR) is 80.2 cm³/mol. The van der Waals surface area contributed by atoms with Gasteiger partial charge >= 0.3 is 0 Å². The Bertz CT molecular complexity index is 454. The van der Waals surface area contributed by atoms with E-state index in [1.165, 1.54) is 41.7 Å². The van der Waals surface area contributed by atoms with E-state index in [0.717, 1.165) is 6.54 Å². The van der Waals surface area contributed by atoms with Crippen molar-refractivity contribution in [1.29, 1.82) is 0 Å². The topological polar surface area (TPSA) is 15.3 Å². The lowest BCUT2D eigenvalue weighted by molar-refractivity contribution is 0.500. The fourth-order valence-corrected chi connectivity index (χ4v) is 3.63. The third-order valence-corrected chi connectivity index (χ3v) is 4.98. The van der Waals surface area contributed by atoms with Crippen molar-refractivity contribution in [3.05, 3.63) is 28.2 Å². The lowest BCUT2D eigenvalue weighted by Crippen LogP contribution is -2.38. The minimum Gasteiger partial charge on any atom is -0.366 e. The first-order valence-electron chi connectivity index (χ1n) is 6.83. The largest absolute Gasteiger partial charge is 0.366 e. The highest BCUT2D eigenvalue weighted by Gasteiger charge is 2.45. The zero-order valence-electron chi connectivity index (χ0n) is 11.2. The van der Waals surface area contributed by atoms with Crippen molar-refractivity contribution in [2.24, 2.45) is 5.41 Å². The molecule has 1 N–H and O–H groups in total. The average molecular weight is 309 g/mol. The summed E-state index contributed by atoms with van der Waals surface area (Å²) in [5, 5.41) is 3.62. The van der Waals surface area contributed by atoms with Crippen molar-refractivity contribution in [2.45, 2.75) is 32.7 Å². The molecule has 2 nitrogen and oxygen atoms in total. The summed E-state index contributed by atoms with van der Waals surface area (Å²) in [5.74, 6) is 0. The molecule has 1 heterocycles. The molecule has 1 saturated carbocycles. The van der Waals surface area contributed by atoms with Gasteiger partial charge in [0, 0.05) is 35.6 Å². The van der Waals surface area contributed by atoms with Gasteiger partial charge in [0.15, 0.2) is 0 Å². The Morgan fingerprint density at radius 3 is 2.83 bits per heavy atom. The third-order valence-electron chi connectivity index (χ3n) is 4.35. The summed E-state index contributed by atoms with van der Waals surface area (Å²) in [7, 11) is 0. The van der Waals surface area contributed by atoms with Gasteiger partial charge in [-0.05, 0) is 60.3 Å². The highest BCUT2D eigenvalue weighted by atomic mass is 79.9. The Balaban J connectivity index is 1.92. The lowest BCUT2D eigenvalue weighted by atomic mass is 10.1. The van der Waals surface area contributed by atoms with Gasteiger partial charge in [0.2, 0.25) is 0 Å². The van der Waals surface area contributed by atoms with Crippen LogP contribution in [-0.2, 0) is 0 Å². The van der Waals surface area contributed by atoms with Crippen LogP contribution in [0.4, 0.5) is 5.69 Å². The fourth-order valence-electron chi connectivity index (χ4n) is 2.91. The Morgan fingerprint density at radius 1 is 1.39 bits per heavy atom. The summed E-state index contributed by atoms with van der Waals surface area (Å²) in [5.41, 5.74) is 3.21. The van der Waals surface area contributed by atoms with E-state index in [1.807, 2.05) is 0 Å². The molecule has 1 spiro atoms. The molecule has 0 amide bonds.